The molecule has 0 radical (unpaired) electrons. The number of aliphatic hydroxyl groups is 1. The van der Waals surface area contributed by atoms with Gasteiger partial charge in [0.05, 0.1) is 6.42 Å². The van der Waals surface area contributed by atoms with E-state index in [0.29, 0.717) is 0 Å². The Morgan fingerprint density at radius 2 is 1.14 bits per heavy atom. The third-order valence-corrected chi connectivity index (χ3v) is 1.00. The van der Waals surface area contributed by atoms with Crippen molar-refractivity contribution in [2.45, 2.75) is 12.8 Å². The van der Waals surface area contributed by atoms with Crippen molar-refractivity contribution >= 4 is 5.97 Å². The Labute approximate surface area is 112 Å². The average Bonchev–Trinajstić information content (AvgIpc) is 2.49. The van der Waals surface area contributed by atoms with Gasteiger partial charge < -0.3 is 5.11 Å². The molecule has 0 bridgehead atoms. The second-order valence-electron chi connectivity index (χ2n) is 2.17. The van der Waals surface area contributed by atoms with Gasteiger partial charge in [0, 0.05) is 41.9 Å². The molecule has 0 aliphatic carbocycles. The molecule has 0 fully saturated rings. The van der Waals surface area contributed by atoms with Crippen molar-refractivity contribution in [1.82, 2.24) is 0 Å². The van der Waals surface area contributed by atoms with Crippen LogP contribution in [0.3, 0.4) is 0 Å². The molecule has 0 saturated carbocycles. The van der Waals surface area contributed by atoms with E-state index < -0.39 is 5.97 Å². The van der Waals surface area contributed by atoms with Crippen LogP contribution in [0.4, 0.5) is 0 Å². The molecule has 0 heterocycles. The SMILES string of the molecule is O=C(CCCO)OOOOOOOOOOOOOOO. The van der Waals surface area contributed by atoms with Gasteiger partial charge in [0.1, 0.15) is 0 Å². The first-order valence-electron chi connectivity index (χ1n) is 4.43. The lowest BCUT2D eigenvalue weighted by atomic mass is 10.3. The topological polar surface area (TPSA) is 187 Å². The van der Waals surface area contributed by atoms with Crippen molar-refractivity contribution in [1.29, 1.82) is 0 Å². The van der Waals surface area contributed by atoms with Crippen LogP contribution in [0.15, 0.2) is 0 Å². The molecule has 2 N–H and O–H groups in total. The molecule has 17 nitrogen and oxygen atoms in total. The molecular weight excluding hydrogens is 320 g/mol. The van der Waals surface area contributed by atoms with Crippen molar-refractivity contribution in [2.75, 3.05) is 6.61 Å². The number of aliphatic hydroxyl groups excluding tert-OH is 1. The highest BCUT2D eigenvalue weighted by Crippen LogP contribution is 1.95. The molecule has 0 aliphatic rings. The van der Waals surface area contributed by atoms with E-state index in [4.69, 9.17) is 10.4 Å². The molecule has 0 saturated heterocycles. The van der Waals surface area contributed by atoms with Crippen molar-refractivity contribution in [2.24, 2.45) is 0 Å². The minimum Gasteiger partial charge on any atom is -0.396 e. The van der Waals surface area contributed by atoms with E-state index in [9.17, 15) is 4.79 Å². The van der Waals surface area contributed by atoms with Gasteiger partial charge in [-0.1, -0.05) is 0 Å². The van der Waals surface area contributed by atoms with Gasteiger partial charge in [0.25, 0.3) is 0 Å². The number of carbonyl (C=O) groups is 1. The molecule has 0 aromatic heterocycles. The lowest BCUT2D eigenvalue weighted by molar-refractivity contribution is -0.878. The summed E-state index contributed by atoms with van der Waals surface area (Å²) in [5.41, 5.74) is 0. The maximum absolute atomic E-state index is 10.7. The fourth-order valence-corrected chi connectivity index (χ4v) is 0.443. The predicted octanol–water partition coefficient (Wildman–Crippen LogP) is -1.11. The Balaban J connectivity index is 3.04. The van der Waals surface area contributed by atoms with Gasteiger partial charge in [-0.25, -0.2) is 10.1 Å². The van der Waals surface area contributed by atoms with E-state index in [1.54, 1.807) is 0 Å². The van der Waals surface area contributed by atoms with E-state index in [-0.39, 0.29) is 19.4 Å². The van der Waals surface area contributed by atoms with Crippen LogP contribution in [0.1, 0.15) is 12.8 Å². The summed E-state index contributed by atoms with van der Waals surface area (Å²) in [7, 11) is 0. The zero-order chi connectivity index (χ0) is 15.6. The lowest BCUT2D eigenvalue weighted by Gasteiger charge is -1.99. The van der Waals surface area contributed by atoms with Crippen molar-refractivity contribution in [3.63, 3.8) is 0 Å². The Hall–Kier alpha value is -1.13. The predicted molar refractivity (Wildman–Crippen MR) is 39.1 cm³/mol. The quantitative estimate of drug-likeness (QED) is 0.197. The highest BCUT2D eigenvalue weighted by atomic mass is 18.0. The van der Waals surface area contributed by atoms with E-state index >= 15 is 0 Å². The molecule has 126 valence electrons. The van der Waals surface area contributed by atoms with Crippen LogP contribution in [0.25, 0.3) is 0 Å². The van der Waals surface area contributed by atoms with E-state index in [1.807, 2.05) is 0 Å². The summed E-state index contributed by atoms with van der Waals surface area (Å²) >= 11 is 0. The highest BCUT2D eigenvalue weighted by molar-refractivity contribution is 5.68. The highest BCUT2D eigenvalue weighted by Gasteiger charge is 2.04. The maximum Gasteiger partial charge on any atom is 0.345 e. The summed E-state index contributed by atoms with van der Waals surface area (Å²) in [6, 6.07) is 0. The van der Waals surface area contributed by atoms with Gasteiger partial charge in [-0.15, -0.1) is 0 Å². The van der Waals surface area contributed by atoms with Gasteiger partial charge in [-0.3, -0.25) is 4.89 Å². The largest absolute Gasteiger partial charge is 0.396 e. The number of hydrogen-bond acceptors (Lipinski definition) is 17. The summed E-state index contributed by atoms with van der Waals surface area (Å²) in [4.78, 5) is 14.6. The fourth-order valence-electron chi connectivity index (χ4n) is 0.443. The minimum atomic E-state index is -0.850. The Kier molecular flexibility index (Phi) is 16.0. The van der Waals surface area contributed by atoms with Crippen LogP contribution in [0.2, 0.25) is 0 Å². The summed E-state index contributed by atoms with van der Waals surface area (Å²) in [6.07, 6.45) is 0.0522. The maximum atomic E-state index is 10.7. The zero-order valence-corrected chi connectivity index (χ0v) is 9.64. The minimum absolute atomic E-state index is 0.118. The lowest BCUT2D eigenvalue weighted by Crippen LogP contribution is -2.08. The molecule has 0 aromatic rings. The van der Waals surface area contributed by atoms with Gasteiger partial charge in [-0.05, 0) is 36.7 Å². The average molecular weight is 328 g/mol. The van der Waals surface area contributed by atoms with E-state index in [0.717, 1.165) is 0 Å². The first kappa shape index (κ1) is 19.9. The van der Waals surface area contributed by atoms with Crippen LogP contribution >= 0.6 is 0 Å². The normalized spacial score (nSPS) is 10.8. The summed E-state index contributed by atoms with van der Waals surface area (Å²) in [5, 5.41) is 60.5. The Bertz CT molecular complexity index is 219. The molecule has 0 amide bonds. The van der Waals surface area contributed by atoms with Crippen LogP contribution in [-0.2, 0) is 75.2 Å². The van der Waals surface area contributed by atoms with Crippen molar-refractivity contribution < 1.29 is 85.5 Å². The van der Waals surface area contributed by atoms with Gasteiger partial charge in [0.2, 0.25) is 0 Å². The molecule has 0 aliphatic heterocycles. The Morgan fingerprint density at radius 1 is 0.714 bits per heavy atom. The molecular formula is C4H8O17. The van der Waals surface area contributed by atoms with Crippen molar-refractivity contribution in [3.8, 4) is 0 Å². The molecule has 17 heteroatoms. The van der Waals surface area contributed by atoms with Crippen LogP contribution in [0, 0.1) is 0 Å². The third-order valence-electron chi connectivity index (χ3n) is 1.00. The molecule has 0 rings (SSSR count). The second-order valence-corrected chi connectivity index (χ2v) is 2.17. The summed E-state index contributed by atoms with van der Waals surface area (Å²) in [5.74, 6) is -0.850. The standard InChI is InChI=1S/C4H8O17/c5-3-1-2-4(6)8-10-12-14-16-18-20-21-19-17-15-13-11-9-7/h5,7H,1-3H2. The van der Waals surface area contributed by atoms with Gasteiger partial charge >= 0.3 is 5.97 Å². The van der Waals surface area contributed by atoms with Crippen LogP contribution in [-0.4, -0.2) is 22.9 Å². The van der Waals surface area contributed by atoms with E-state index in [1.165, 1.54) is 0 Å². The Morgan fingerprint density at radius 3 is 1.57 bits per heavy atom. The molecule has 21 heavy (non-hydrogen) atoms. The second kappa shape index (κ2) is 16.9. The smallest absolute Gasteiger partial charge is 0.345 e. The van der Waals surface area contributed by atoms with Crippen molar-refractivity contribution in [3.05, 3.63) is 0 Å². The third kappa shape index (κ3) is 16.8. The number of hydrogen-bond donors (Lipinski definition) is 2. The first-order chi connectivity index (χ1) is 10.3. The van der Waals surface area contributed by atoms with Gasteiger partial charge in [0.15, 0.2) is 0 Å². The zero-order valence-electron chi connectivity index (χ0n) is 9.64. The number of carbonyl (C=O) groups excluding carboxylic acids is 1. The molecule has 0 unspecified atom stereocenters. The molecule has 0 atom stereocenters. The van der Waals surface area contributed by atoms with E-state index in [2.05, 4.69) is 70.4 Å². The summed E-state index contributed by atoms with van der Waals surface area (Å²) < 4.78 is 0. The fraction of sp³-hybridized carbons (Fsp3) is 0.750. The number of rotatable bonds is 16. The monoisotopic (exact) mass is 328 g/mol. The molecule has 0 spiro atoms. The van der Waals surface area contributed by atoms with Crippen LogP contribution < -0.4 is 0 Å². The van der Waals surface area contributed by atoms with Gasteiger partial charge in [-0.2, -0.15) is 0 Å². The first-order valence-corrected chi connectivity index (χ1v) is 4.43. The van der Waals surface area contributed by atoms with Crippen LogP contribution in [0.5, 0.6) is 0 Å². The summed E-state index contributed by atoms with van der Waals surface area (Å²) in [6.45, 7) is -0.202. The molecule has 0 aromatic carbocycles.